The maximum absolute atomic E-state index is 12.0. The Kier molecular flexibility index (Phi) is 2.52. The van der Waals surface area contributed by atoms with Gasteiger partial charge < -0.3 is 4.74 Å². The summed E-state index contributed by atoms with van der Waals surface area (Å²) >= 11 is 7.14. The number of fused-ring (bicyclic) bond motifs is 1. The van der Waals surface area contributed by atoms with E-state index in [0.717, 1.165) is 5.39 Å². The number of hydrogen-bond donors (Lipinski definition) is 0. The van der Waals surface area contributed by atoms with Crippen LogP contribution in [0.4, 0.5) is 13.2 Å². The van der Waals surface area contributed by atoms with Gasteiger partial charge in [-0.2, -0.15) is 11.3 Å². The van der Waals surface area contributed by atoms with Gasteiger partial charge in [-0.05, 0) is 22.9 Å². The molecule has 0 aliphatic rings. The van der Waals surface area contributed by atoms with E-state index in [1.165, 1.54) is 17.4 Å². The van der Waals surface area contributed by atoms with Crippen molar-refractivity contribution >= 4 is 33.7 Å². The minimum Gasteiger partial charge on any atom is -0.404 e. The second-order valence-electron chi connectivity index (χ2n) is 2.80. The molecule has 0 N–H and O–H groups in total. The van der Waals surface area contributed by atoms with Gasteiger partial charge in [-0.1, -0.05) is 11.6 Å². The lowest BCUT2D eigenvalue weighted by Gasteiger charge is -2.10. The smallest absolute Gasteiger partial charge is 0.404 e. The van der Waals surface area contributed by atoms with E-state index < -0.39 is 6.36 Å². The Morgan fingerprint density at radius 3 is 2.60 bits per heavy atom. The van der Waals surface area contributed by atoms with E-state index in [4.69, 9.17) is 11.6 Å². The van der Waals surface area contributed by atoms with Crippen molar-refractivity contribution < 1.29 is 17.9 Å². The Labute approximate surface area is 92.0 Å². The van der Waals surface area contributed by atoms with Crippen LogP contribution in [0.15, 0.2) is 22.9 Å². The van der Waals surface area contributed by atoms with Crippen molar-refractivity contribution in [3.8, 4) is 5.75 Å². The van der Waals surface area contributed by atoms with E-state index in [2.05, 4.69) is 4.74 Å². The minimum absolute atomic E-state index is 0.00826. The van der Waals surface area contributed by atoms with Gasteiger partial charge in [0.15, 0.2) is 0 Å². The molecule has 15 heavy (non-hydrogen) atoms. The molecule has 1 aromatic carbocycles. The van der Waals surface area contributed by atoms with E-state index in [0.29, 0.717) is 5.39 Å². The van der Waals surface area contributed by atoms with Gasteiger partial charge in [0, 0.05) is 10.8 Å². The van der Waals surface area contributed by atoms with Gasteiger partial charge in [-0.15, -0.1) is 13.2 Å². The van der Waals surface area contributed by atoms with Crippen molar-refractivity contribution in [1.29, 1.82) is 0 Å². The minimum atomic E-state index is -4.71. The molecule has 0 unspecified atom stereocenters. The van der Waals surface area contributed by atoms with Gasteiger partial charge in [0.1, 0.15) is 5.75 Å². The zero-order chi connectivity index (χ0) is 11.1. The fraction of sp³-hybridized carbons (Fsp3) is 0.111. The van der Waals surface area contributed by atoms with Crippen molar-refractivity contribution in [2.75, 3.05) is 0 Å². The molecule has 0 fully saturated rings. The topological polar surface area (TPSA) is 9.23 Å². The highest BCUT2D eigenvalue weighted by atomic mass is 35.5. The van der Waals surface area contributed by atoms with Gasteiger partial charge in [0.05, 0.1) is 5.02 Å². The first-order chi connectivity index (χ1) is 6.97. The van der Waals surface area contributed by atoms with Crippen molar-refractivity contribution in [2.45, 2.75) is 6.36 Å². The fourth-order valence-corrected chi connectivity index (χ4v) is 2.33. The summed E-state index contributed by atoms with van der Waals surface area (Å²) in [4.78, 5) is 0. The zero-order valence-electron chi connectivity index (χ0n) is 7.14. The average molecular weight is 253 g/mol. The molecule has 6 heteroatoms. The van der Waals surface area contributed by atoms with Crippen LogP contribution < -0.4 is 4.74 Å². The number of ether oxygens (including phenoxy) is 1. The highest BCUT2D eigenvalue weighted by molar-refractivity contribution is 7.09. The van der Waals surface area contributed by atoms with E-state index in [1.807, 2.05) is 0 Å². The summed E-state index contributed by atoms with van der Waals surface area (Å²) in [6, 6.07) is 2.75. The molecule has 0 saturated heterocycles. The standard InChI is InChI=1S/C9H4ClF3OS/c10-8-6-4-15-3-5(6)1-2-7(8)14-9(11,12)13/h1-4H. The molecule has 0 aliphatic heterocycles. The maximum atomic E-state index is 12.0. The van der Waals surface area contributed by atoms with Gasteiger partial charge in [-0.3, -0.25) is 0 Å². The lowest BCUT2D eigenvalue weighted by Crippen LogP contribution is -2.17. The molecule has 1 aromatic heterocycles. The van der Waals surface area contributed by atoms with Crippen molar-refractivity contribution in [1.82, 2.24) is 0 Å². The van der Waals surface area contributed by atoms with Crippen LogP contribution in [0, 0.1) is 0 Å². The molecule has 2 aromatic rings. The molecule has 0 bridgehead atoms. The summed E-state index contributed by atoms with van der Waals surface area (Å²) in [7, 11) is 0. The number of hydrogen-bond acceptors (Lipinski definition) is 2. The summed E-state index contributed by atoms with van der Waals surface area (Å²) in [6.07, 6.45) is -4.71. The van der Waals surface area contributed by atoms with Crippen LogP contribution in [0.3, 0.4) is 0 Å². The van der Waals surface area contributed by atoms with Crippen LogP contribution in [-0.4, -0.2) is 6.36 Å². The highest BCUT2D eigenvalue weighted by Crippen LogP contribution is 2.37. The van der Waals surface area contributed by atoms with Crippen LogP contribution in [-0.2, 0) is 0 Å². The molecule has 0 spiro atoms. The zero-order valence-corrected chi connectivity index (χ0v) is 8.71. The summed E-state index contributed by atoms with van der Waals surface area (Å²) in [6.45, 7) is 0. The number of thiophene rings is 1. The van der Waals surface area contributed by atoms with Crippen LogP contribution >= 0.6 is 22.9 Å². The lowest BCUT2D eigenvalue weighted by molar-refractivity contribution is -0.274. The van der Waals surface area contributed by atoms with E-state index in [9.17, 15) is 13.2 Å². The molecule has 0 radical (unpaired) electrons. The van der Waals surface area contributed by atoms with Crippen LogP contribution in [0.2, 0.25) is 5.02 Å². The molecular weight excluding hydrogens is 249 g/mol. The molecule has 1 heterocycles. The molecular formula is C9H4ClF3OS. The Morgan fingerprint density at radius 1 is 1.20 bits per heavy atom. The van der Waals surface area contributed by atoms with Crippen molar-refractivity contribution in [3.63, 3.8) is 0 Å². The predicted octanol–water partition coefficient (Wildman–Crippen LogP) is 4.45. The second kappa shape index (κ2) is 3.57. The van der Waals surface area contributed by atoms with Gasteiger partial charge in [0.25, 0.3) is 0 Å². The van der Waals surface area contributed by atoms with Crippen molar-refractivity contribution in [3.05, 3.63) is 27.9 Å². The lowest BCUT2D eigenvalue weighted by atomic mass is 10.2. The summed E-state index contributed by atoms with van der Waals surface area (Å²) in [5.74, 6) is -0.366. The predicted molar refractivity (Wildman–Crippen MR) is 53.5 cm³/mol. The molecule has 0 atom stereocenters. The van der Waals surface area contributed by atoms with Crippen LogP contribution in [0.1, 0.15) is 0 Å². The van der Waals surface area contributed by atoms with E-state index >= 15 is 0 Å². The third-order valence-electron chi connectivity index (χ3n) is 1.78. The second-order valence-corrected chi connectivity index (χ2v) is 3.92. The summed E-state index contributed by atoms with van der Waals surface area (Å²) in [5, 5.41) is 4.86. The number of benzene rings is 1. The maximum Gasteiger partial charge on any atom is 0.573 e. The number of halogens is 4. The summed E-state index contributed by atoms with van der Waals surface area (Å²) in [5.41, 5.74) is 0. The Bertz CT molecular complexity index is 492. The molecule has 80 valence electrons. The molecule has 0 amide bonds. The van der Waals surface area contributed by atoms with Crippen LogP contribution in [0.5, 0.6) is 5.75 Å². The molecule has 1 nitrogen and oxygen atoms in total. The quantitative estimate of drug-likeness (QED) is 0.728. The monoisotopic (exact) mass is 252 g/mol. The normalized spacial score (nSPS) is 12.0. The molecule has 0 saturated carbocycles. The largest absolute Gasteiger partial charge is 0.573 e. The summed E-state index contributed by atoms with van der Waals surface area (Å²) < 4.78 is 39.7. The van der Waals surface area contributed by atoms with Crippen molar-refractivity contribution in [2.24, 2.45) is 0 Å². The van der Waals surface area contributed by atoms with E-state index in [-0.39, 0.29) is 10.8 Å². The first kappa shape index (κ1) is 10.6. The fourth-order valence-electron chi connectivity index (χ4n) is 1.19. The molecule has 0 aliphatic carbocycles. The van der Waals surface area contributed by atoms with E-state index in [1.54, 1.807) is 16.8 Å². The van der Waals surface area contributed by atoms with Crippen LogP contribution in [0.25, 0.3) is 10.8 Å². The van der Waals surface area contributed by atoms with Gasteiger partial charge >= 0.3 is 6.36 Å². The van der Waals surface area contributed by atoms with Gasteiger partial charge in [-0.25, -0.2) is 0 Å². The highest BCUT2D eigenvalue weighted by Gasteiger charge is 2.32. The Morgan fingerprint density at radius 2 is 1.93 bits per heavy atom. The van der Waals surface area contributed by atoms with Gasteiger partial charge in [0.2, 0.25) is 0 Å². The Balaban J connectivity index is 2.48. The SMILES string of the molecule is FC(F)(F)Oc1ccc2cscc2c1Cl. The average Bonchev–Trinajstić information content (AvgIpc) is 2.56. The number of rotatable bonds is 1. The molecule has 2 rings (SSSR count). The number of alkyl halides is 3. The first-order valence-electron chi connectivity index (χ1n) is 3.87. The Hall–Kier alpha value is -0.940. The first-order valence-corrected chi connectivity index (χ1v) is 5.19. The third kappa shape index (κ3) is 2.18. The third-order valence-corrected chi connectivity index (χ3v) is 2.94.